The predicted molar refractivity (Wildman–Crippen MR) is 67.8 cm³/mol. The number of hydrogen-bond donors (Lipinski definition) is 2. The highest BCUT2D eigenvalue weighted by atomic mass is 32.2. The van der Waals surface area contributed by atoms with E-state index in [1.807, 2.05) is 0 Å². The van der Waals surface area contributed by atoms with Gasteiger partial charge in [0.05, 0.1) is 4.90 Å². The van der Waals surface area contributed by atoms with Crippen LogP contribution in [0.1, 0.15) is 25.3 Å². The third-order valence-electron chi connectivity index (χ3n) is 2.53. The molecule has 1 aromatic carbocycles. The molecule has 18 heavy (non-hydrogen) atoms. The van der Waals surface area contributed by atoms with Crippen molar-refractivity contribution in [2.24, 2.45) is 0 Å². The molecule has 5 nitrogen and oxygen atoms in total. The Labute approximate surface area is 107 Å². The number of carbonyl (C=O) groups is 1. The molecule has 6 heteroatoms. The topological polar surface area (TPSA) is 83.5 Å². The van der Waals surface area contributed by atoms with Crippen LogP contribution in [0.2, 0.25) is 0 Å². The number of rotatable bonds is 6. The van der Waals surface area contributed by atoms with Crippen LogP contribution in [-0.2, 0) is 14.8 Å². The highest BCUT2D eigenvalue weighted by Gasteiger charge is 2.19. The Morgan fingerprint density at radius 2 is 2.00 bits per heavy atom. The van der Waals surface area contributed by atoms with Crippen LogP contribution in [0.3, 0.4) is 0 Å². The first-order chi connectivity index (χ1) is 8.33. The van der Waals surface area contributed by atoms with Gasteiger partial charge in [0.2, 0.25) is 10.0 Å². The molecule has 0 aliphatic rings. The third kappa shape index (κ3) is 4.12. The molecule has 1 atom stereocenters. The molecule has 0 amide bonds. The highest BCUT2D eigenvalue weighted by molar-refractivity contribution is 7.89. The molecule has 0 fully saturated rings. The number of aryl methyl sites for hydroxylation is 1. The van der Waals surface area contributed by atoms with Crippen molar-refractivity contribution < 1.29 is 18.3 Å². The number of carboxylic acid groups (broad SMARTS) is 1. The summed E-state index contributed by atoms with van der Waals surface area (Å²) in [5, 5.41) is 8.54. The Morgan fingerprint density at radius 1 is 1.39 bits per heavy atom. The van der Waals surface area contributed by atoms with E-state index in [0.717, 1.165) is 0 Å². The molecule has 0 saturated carbocycles. The number of aliphatic carboxylic acids is 1. The van der Waals surface area contributed by atoms with E-state index in [4.69, 9.17) is 5.11 Å². The maximum absolute atomic E-state index is 12.0. The average molecular weight is 271 g/mol. The van der Waals surface area contributed by atoms with Gasteiger partial charge in [-0.25, -0.2) is 13.1 Å². The minimum atomic E-state index is -3.58. The monoisotopic (exact) mass is 271 g/mol. The van der Waals surface area contributed by atoms with Gasteiger partial charge in [0.25, 0.3) is 0 Å². The zero-order chi connectivity index (χ0) is 13.8. The van der Waals surface area contributed by atoms with E-state index in [1.165, 1.54) is 6.07 Å². The fourth-order valence-electron chi connectivity index (χ4n) is 1.59. The van der Waals surface area contributed by atoms with E-state index in [1.54, 1.807) is 32.0 Å². The first-order valence-electron chi connectivity index (χ1n) is 5.62. The SMILES string of the molecule is Cc1ccccc1S(=O)(=O)NC(C)CCC(=O)O. The molecule has 0 aromatic heterocycles. The maximum atomic E-state index is 12.0. The molecule has 0 spiro atoms. The van der Waals surface area contributed by atoms with Gasteiger partial charge in [-0.15, -0.1) is 0 Å². The van der Waals surface area contributed by atoms with E-state index in [0.29, 0.717) is 5.56 Å². The van der Waals surface area contributed by atoms with Crippen molar-refractivity contribution in [3.8, 4) is 0 Å². The Morgan fingerprint density at radius 3 is 2.56 bits per heavy atom. The summed E-state index contributed by atoms with van der Waals surface area (Å²) >= 11 is 0. The van der Waals surface area contributed by atoms with Crippen LogP contribution in [0, 0.1) is 6.92 Å². The van der Waals surface area contributed by atoms with Crippen molar-refractivity contribution in [2.45, 2.75) is 37.6 Å². The summed E-state index contributed by atoms with van der Waals surface area (Å²) in [6, 6.07) is 6.26. The van der Waals surface area contributed by atoms with E-state index in [-0.39, 0.29) is 17.7 Å². The van der Waals surface area contributed by atoms with Crippen molar-refractivity contribution in [3.05, 3.63) is 29.8 Å². The largest absolute Gasteiger partial charge is 0.481 e. The summed E-state index contributed by atoms with van der Waals surface area (Å²) in [7, 11) is -3.58. The first-order valence-corrected chi connectivity index (χ1v) is 7.11. The Hall–Kier alpha value is -1.40. The van der Waals surface area contributed by atoms with Crippen molar-refractivity contribution in [3.63, 3.8) is 0 Å². The number of carboxylic acids is 1. The third-order valence-corrected chi connectivity index (χ3v) is 4.28. The zero-order valence-corrected chi connectivity index (χ0v) is 11.2. The highest BCUT2D eigenvalue weighted by Crippen LogP contribution is 2.14. The molecule has 0 bridgehead atoms. The van der Waals surface area contributed by atoms with Crippen LogP contribution < -0.4 is 4.72 Å². The standard InChI is InChI=1S/C12H17NO4S/c1-9-5-3-4-6-11(9)18(16,17)13-10(2)7-8-12(14)15/h3-6,10,13H,7-8H2,1-2H3,(H,14,15). The number of benzene rings is 1. The van der Waals surface area contributed by atoms with E-state index in [2.05, 4.69) is 4.72 Å². The van der Waals surface area contributed by atoms with Crippen molar-refractivity contribution in [1.29, 1.82) is 0 Å². The molecular formula is C12H17NO4S. The summed E-state index contributed by atoms with van der Waals surface area (Å²) in [6.07, 6.45) is 0.206. The molecule has 0 aliphatic heterocycles. The second kappa shape index (κ2) is 5.97. The summed E-state index contributed by atoms with van der Waals surface area (Å²) in [4.78, 5) is 10.6. The Balaban J connectivity index is 2.77. The van der Waals surface area contributed by atoms with Crippen LogP contribution >= 0.6 is 0 Å². The lowest BCUT2D eigenvalue weighted by molar-refractivity contribution is -0.137. The second-order valence-electron chi connectivity index (χ2n) is 4.22. The fourth-order valence-corrected chi connectivity index (χ4v) is 3.11. The van der Waals surface area contributed by atoms with Gasteiger partial charge in [0.15, 0.2) is 0 Å². The van der Waals surface area contributed by atoms with Crippen LogP contribution in [0.5, 0.6) is 0 Å². The average Bonchev–Trinajstić information content (AvgIpc) is 2.26. The minimum Gasteiger partial charge on any atom is -0.481 e. The minimum absolute atomic E-state index is 0.0581. The molecule has 100 valence electrons. The van der Waals surface area contributed by atoms with Crippen molar-refractivity contribution in [1.82, 2.24) is 4.72 Å². The molecule has 0 radical (unpaired) electrons. The molecule has 0 aliphatic carbocycles. The molecule has 1 aromatic rings. The van der Waals surface area contributed by atoms with Crippen LogP contribution in [0.15, 0.2) is 29.2 Å². The van der Waals surface area contributed by atoms with Gasteiger partial charge in [-0.05, 0) is 31.9 Å². The Bertz CT molecular complexity index is 525. The van der Waals surface area contributed by atoms with Gasteiger partial charge < -0.3 is 5.11 Å². The zero-order valence-electron chi connectivity index (χ0n) is 10.4. The van der Waals surface area contributed by atoms with Crippen LogP contribution in [-0.4, -0.2) is 25.5 Å². The molecule has 1 rings (SSSR count). The maximum Gasteiger partial charge on any atom is 0.303 e. The van der Waals surface area contributed by atoms with E-state index in [9.17, 15) is 13.2 Å². The smallest absolute Gasteiger partial charge is 0.303 e. The van der Waals surface area contributed by atoms with Gasteiger partial charge in [-0.2, -0.15) is 0 Å². The first kappa shape index (κ1) is 14.7. The summed E-state index contributed by atoms with van der Waals surface area (Å²) in [6.45, 7) is 3.37. The fraction of sp³-hybridized carbons (Fsp3) is 0.417. The van der Waals surface area contributed by atoms with Gasteiger partial charge >= 0.3 is 5.97 Å². The van der Waals surface area contributed by atoms with Gasteiger partial charge in [-0.3, -0.25) is 4.79 Å². The molecule has 0 heterocycles. The lowest BCUT2D eigenvalue weighted by atomic mass is 10.2. The number of hydrogen-bond acceptors (Lipinski definition) is 3. The van der Waals surface area contributed by atoms with Crippen LogP contribution in [0.25, 0.3) is 0 Å². The van der Waals surface area contributed by atoms with E-state index < -0.39 is 22.0 Å². The summed E-state index contributed by atoms with van der Waals surface area (Å²) < 4.78 is 26.6. The quantitative estimate of drug-likeness (QED) is 0.821. The second-order valence-corrected chi connectivity index (χ2v) is 5.90. The lowest BCUT2D eigenvalue weighted by Gasteiger charge is -2.14. The normalized spacial score (nSPS) is 13.2. The van der Waals surface area contributed by atoms with Gasteiger partial charge in [0, 0.05) is 12.5 Å². The van der Waals surface area contributed by atoms with Gasteiger partial charge in [0.1, 0.15) is 0 Å². The summed E-state index contributed by atoms with van der Waals surface area (Å²) in [5.41, 5.74) is 0.662. The molecule has 1 unspecified atom stereocenters. The molecular weight excluding hydrogens is 254 g/mol. The number of sulfonamides is 1. The summed E-state index contributed by atoms with van der Waals surface area (Å²) in [5.74, 6) is -0.933. The predicted octanol–water partition coefficient (Wildman–Crippen LogP) is 1.53. The van der Waals surface area contributed by atoms with Crippen molar-refractivity contribution in [2.75, 3.05) is 0 Å². The molecule has 0 saturated heterocycles. The van der Waals surface area contributed by atoms with Crippen LogP contribution in [0.4, 0.5) is 0 Å². The van der Waals surface area contributed by atoms with Gasteiger partial charge in [-0.1, -0.05) is 18.2 Å². The molecule has 2 N–H and O–H groups in total. The lowest BCUT2D eigenvalue weighted by Crippen LogP contribution is -2.33. The van der Waals surface area contributed by atoms with E-state index >= 15 is 0 Å². The van der Waals surface area contributed by atoms with Crippen molar-refractivity contribution >= 4 is 16.0 Å². The Kier molecular flexibility index (Phi) is 4.86. The number of nitrogens with one attached hydrogen (secondary N) is 1.